The van der Waals surface area contributed by atoms with Crippen LogP contribution in [0.4, 0.5) is 0 Å². The second-order valence-corrected chi connectivity index (χ2v) is 7.11. The van der Waals surface area contributed by atoms with Gasteiger partial charge in [-0.1, -0.05) is 38.1 Å². The van der Waals surface area contributed by atoms with E-state index in [2.05, 4.69) is 13.8 Å². The van der Waals surface area contributed by atoms with Crippen molar-refractivity contribution < 1.29 is 14.3 Å². The number of fused-ring (bicyclic) bond motifs is 1. The van der Waals surface area contributed by atoms with E-state index in [-0.39, 0.29) is 17.0 Å². The third-order valence-corrected chi connectivity index (χ3v) is 4.84. The topological polar surface area (TPSA) is 43.4 Å². The molecule has 1 heterocycles. The van der Waals surface area contributed by atoms with Crippen molar-refractivity contribution in [3.8, 4) is 5.75 Å². The fourth-order valence-corrected chi connectivity index (χ4v) is 3.14. The van der Waals surface area contributed by atoms with Crippen molar-refractivity contribution in [1.29, 1.82) is 0 Å². The summed E-state index contributed by atoms with van der Waals surface area (Å²) in [5.74, 6) is 0.858. The van der Waals surface area contributed by atoms with Crippen LogP contribution in [-0.2, 0) is 5.41 Å². The Morgan fingerprint density at radius 3 is 2.29 bits per heavy atom. The van der Waals surface area contributed by atoms with Crippen LogP contribution in [0.2, 0.25) is 0 Å². The second-order valence-electron chi connectivity index (χ2n) is 7.11. The van der Waals surface area contributed by atoms with Gasteiger partial charge in [0.05, 0.1) is 6.61 Å². The summed E-state index contributed by atoms with van der Waals surface area (Å²) < 4.78 is 5.77. The van der Waals surface area contributed by atoms with Crippen LogP contribution >= 0.6 is 0 Å². The van der Waals surface area contributed by atoms with Gasteiger partial charge in [-0.05, 0) is 43.4 Å². The lowest BCUT2D eigenvalue weighted by molar-refractivity contribution is 0.101. The van der Waals surface area contributed by atoms with Crippen LogP contribution in [-0.4, -0.2) is 18.2 Å². The molecule has 0 unspecified atom stereocenters. The van der Waals surface area contributed by atoms with E-state index in [0.717, 1.165) is 23.3 Å². The molecule has 0 saturated heterocycles. The lowest BCUT2D eigenvalue weighted by Crippen LogP contribution is -2.27. The van der Waals surface area contributed by atoms with Gasteiger partial charge in [0.1, 0.15) is 5.75 Å². The van der Waals surface area contributed by atoms with Gasteiger partial charge in [0, 0.05) is 22.3 Å². The summed E-state index contributed by atoms with van der Waals surface area (Å²) in [6.45, 7) is 8.52. The molecule has 124 valence electrons. The number of carbonyl (C=O) groups is 2. The molecule has 0 N–H and O–H groups in total. The molecule has 0 atom stereocenters. The molecule has 0 spiro atoms. The van der Waals surface area contributed by atoms with Gasteiger partial charge in [-0.15, -0.1) is 0 Å². The summed E-state index contributed by atoms with van der Waals surface area (Å²) >= 11 is 0. The van der Waals surface area contributed by atoms with Crippen LogP contribution in [0.5, 0.6) is 5.75 Å². The normalized spacial score (nSPS) is 15.3. The maximum Gasteiger partial charge on any atom is 0.193 e. The first kappa shape index (κ1) is 16.4. The minimum absolute atomic E-state index is 0.00198. The summed E-state index contributed by atoms with van der Waals surface area (Å²) in [6.07, 6.45) is 0.935. The molecule has 3 nitrogen and oxygen atoms in total. The first-order chi connectivity index (χ1) is 11.3. The first-order valence-electron chi connectivity index (χ1n) is 8.23. The van der Waals surface area contributed by atoms with Crippen molar-refractivity contribution in [2.45, 2.75) is 39.5 Å². The maximum atomic E-state index is 12.9. The first-order valence-corrected chi connectivity index (χ1v) is 8.23. The molecular weight excluding hydrogens is 300 g/mol. The third-order valence-electron chi connectivity index (χ3n) is 4.84. The van der Waals surface area contributed by atoms with E-state index < -0.39 is 0 Å². The molecule has 1 aliphatic heterocycles. The molecule has 0 aromatic heterocycles. The average Bonchev–Trinajstić information content (AvgIpc) is 2.53. The Hall–Kier alpha value is -2.42. The Kier molecular flexibility index (Phi) is 4.04. The number of hydrogen-bond acceptors (Lipinski definition) is 3. The molecule has 24 heavy (non-hydrogen) atoms. The monoisotopic (exact) mass is 322 g/mol. The van der Waals surface area contributed by atoms with Crippen LogP contribution in [0.15, 0.2) is 36.4 Å². The minimum atomic E-state index is -0.0215. The van der Waals surface area contributed by atoms with Crippen LogP contribution in [0, 0.1) is 6.92 Å². The van der Waals surface area contributed by atoms with E-state index in [9.17, 15) is 9.59 Å². The zero-order chi connectivity index (χ0) is 17.5. The summed E-state index contributed by atoms with van der Waals surface area (Å²) in [5, 5.41) is 0. The Morgan fingerprint density at radius 1 is 1.04 bits per heavy atom. The number of ketones is 2. The zero-order valence-electron chi connectivity index (χ0n) is 14.6. The molecular formula is C21H22O3. The van der Waals surface area contributed by atoms with Gasteiger partial charge in [-0.2, -0.15) is 0 Å². The van der Waals surface area contributed by atoms with E-state index in [1.807, 2.05) is 19.1 Å². The molecule has 0 amide bonds. The zero-order valence-corrected chi connectivity index (χ0v) is 14.6. The Bertz CT molecular complexity index is 814. The molecule has 0 aliphatic carbocycles. The van der Waals surface area contributed by atoms with E-state index in [0.29, 0.717) is 23.3 Å². The van der Waals surface area contributed by atoms with Crippen molar-refractivity contribution in [3.05, 3.63) is 64.2 Å². The largest absolute Gasteiger partial charge is 0.493 e. The maximum absolute atomic E-state index is 12.9. The molecule has 2 aromatic rings. The van der Waals surface area contributed by atoms with Crippen LogP contribution in [0.1, 0.15) is 64.6 Å². The van der Waals surface area contributed by atoms with Crippen molar-refractivity contribution in [1.82, 2.24) is 0 Å². The van der Waals surface area contributed by atoms with Crippen molar-refractivity contribution in [3.63, 3.8) is 0 Å². The number of carbonyl (C=O) groups excluding carboxylic acids is 2. The van der Waals surface area contributed by atoms with E-state index in [1.54, 1.807) is 24.3 Å². The molecule has 0 fully saturated rings. The smallest absolute Gasteiger partial charge is 0.193 e. The fourth-order valence-electron chi connectivity index (χ4n) is 3.14. The summed E-state index contributed by atoms with van der Waals surface area (Å²) in [5.41, 5.74) is 3.90. The molecule has 0 saturated carbocycles. The number of rotatable bonds is 3. The third kappa shape index (κ3) is 2.86. The highest BCUT2D eigenvalue weighted by Gasteiger charge is 2.30. The van der Waals surface area contributed by atoms with Crippen LogP contribution < -0.4 is 4.74 Å². The van der Waals surface area contributed by atoms with Crippen molar-refractivity contribution in [2.75, 3.05) is 6.61 Å². The van der Waals surface area contributed by atoms with E-state index >= 15 is 0 Å². The standard InChI is InChI=1S/C21H22O3/c1-13-11-19-18(21(3,4)9-10-24-19)12-17(13)20(23)16-7-5-15(6-8-16)14(2)22/h5-8,11-12H,9-10H2,1-4H3. The predicted molar refractivity (Wildman–Crippen MR) is 94.2 cm³/mol. The highest BCUT2D eigenvalue weighted by Crippen LogP contribution is 2.40. The number of ether oxygens (including phenoxy) is 1. The van der Waals surface area contributed by atoms with Gasteiger partial charge in [-0.3, -0.25) is 9.59 Å². The SMILES string of the molecule is CC(=O)c1ccc(C(=O)c2cc3c(cc2C)OCCC3(C)C)cc1. The van der Waals surface area contributed by atoms with Gasteiger partial charge in [0.15, 0.2) is 11.6 Å². The van der Waals surface area contributed by atoms with Crippen molar-refractivity contribution in [2.24, 2.45) is 0 Å². The molecule has 0 radical (unpaired) electrons. The molecule has 3 rings (SSSR count). The van der Waals surface area contributed by atoms with Crippen LogP contribution in [0.3, 0.4) is 0 Å². The number of Topliss-reactive ketones (excluding diaryl/α,β-unsaturated/α-hetero) is 1. The minimum Gasteiger partial charge on any atom is -0.493 e. The van der Waals surface area contributed by atoms with Crippen LogP contribution in [0.25, 0.3) is 0 Å². The van der Waals surface area contributed by atoms with Gasteiger partial charge in [-0.25, -0.2) is 0 Å². The van der Waals surface area contributed by atoms with Gasteiger partial charge in [0.25, 0.3) is 0 Å². The fraction of sp³-hybridized carbons (Fsp3) is 0.333. The molecule has 2 aromatic carbocycles. The van der Waals surface area contributed by atoms with E-state index in [1.165, 1.54) is 6.92 Å². The Labute approximate surface area is 142 Å². The molecule has 3 heteroatoms. The second kappa shape index (κ2) is 5.90. The highest BCUT2D eigenvalue weighted by atomic mass is 16.5. The lowest BCUT2D eigenvalue weighted by Gasteiger charge is -2.33. The predicted octanol–water partition coefficient (Wildman–Crippen LogP) is 4.49. The Morgan fingerprint density at radius 2 is 1.67 bits per heavy atom. The number of aryl methyl sites for hydroxylation is 1. The molecule has 0 bridgehead atoms. The summed E-state index contributed by atoms with van der Waals surface area (Å²) in [6, 6.07) is 10.8. The van der Waals surface area contributed by atoms with E-state index in [4.69, 9.17) is 4.74 Å². The van der Waals surface area contributed by atoms with Gasteiger partial charge in [0.2, 0.25) is 0 Å². The Balaban J connectivity index is 2.02. The van der Waals surface area contributed by atoms with Crippen molar-refractivity contribution >= 4 is 11.6 Å². The van der Waals surface area contributed by atoms with Gasteiger partial charge >= 0.3 is 0 Å². The lowest BCUT2D eigenvalue weighted by atomic mass is 9.78. The quantitative estimate of drug-likeness (QED) is 0.782. The number of benzene rings is 2. The highest BCUT2D eigenvalue weighted by molar-refractivity contribution is 6.10. The molecule has 1 aliphatic rings. The summed E-state index contributed by atoms with van der Waals surface area (Å²) in [7, 11) is 0. The summed E-state index contributed by atoms with van der Waals surface area (Å²) in [4.78, 5) is 24.3. The van der Waals surface area contributed by atoms with Gasteiger partial charge < -0.3 is 4.74 Å². The number of hydrogen-bond donors (Lipinski definition) is 0. The average molecular weight is 322 g/mol.